The van der Waals surface area contributed by atoms with Gasteiger partial charge in [-0.15, -0.1) is 0 Å². The van der Waals surface area contributed by atoms with Gasteiger partial charge in [-0.05, 0) is 68.0 Å². The van der Waals surface area contributed by atoms with Crippen molar-refractivity contribution in [3.63, 3.8) is 0 Å². The Morgan fingerprint density at radius 1 is 0.863 bits per heavy atom. The van der Waals surface area contributed by atoms with Crippen molar-refractivity contribution in [3.05, 3.63) is 83.6 Å². The van der Waals surface area contributed by atoms with E-state index >= 15 is 13.2 Å². The summed E-state index contributed by atoms with van der Waals surface area (Å²) in [6.07, 6.45) is 1.33. The van der Waals surface area contributed by atoms with Gasteiger partial charge in [-0.1, -0.05) is 0 Å². The lowest BCUT2D eigenvalue weighted by Gasteiger charge is -2.47. The zero-order chi connectivity index (χ0) is 51.4. The standard InChI is InChI=1S/C49H55F4N11O9/c1-69-39-22-34(50)33(21-35(39)51)36-19-28(24-63-27-59-41-44(54)57-26-58-45(41)63)38(23-56-36)62-10-2-9-49(55,25-62)42(43(52)53)73-29-7-11-61(12-8-29)13-14-70-15-16-71-17-18-72-30-3-4-31-32(20-30)48(68)64(47(31)67)37-5-6-40(65)60-46(37)66/h3-4,19-23,26-27,29,37,42-43H,2,5-18,24-25,55H2,1H3,(H2,54,57,58)(H,60,65,66)/t37?,42-,49-/m1/s1. The molecule has 5 N–H and O–H groups in total. The van der Waals surface area contributed by atoms with E-state index in [1.807, 2.05) is 4.90 Å². The number of amides is 4. The molecule has 3 atom stereocenters. The van der Waals surface area contributed by atoms with Crippen LogP contribution in [-0.2, 0) is 30.3 Å². The number of imide groups is 2. The third-order valence-corrected chi connectivity index (χ3v) is 13.7. The van der Waals surface area contributed by atoms with E-state index in [9.17, 15) is 23.6 Å². The number of ether oxygens (including phenoxy) is 5. The van der Waals surface area contributed by atoms with E-state index in [4.69, 9.17) is 35.2 Å². The molecule has 3 fully saturated rings. The molecule has 73 heavy (non-hydrogen) atoms. The maximum absolute atomic E-state index is 15.4. The molecular weight excluding hydrogens is 963 g/mol. The number of piperidine rings is 3. The van der Waals surface area contributed by atoms with Crippen LogP contribution in [0.25, 0.3) is 22.4 Å². The molecule has 388 valence electrons. The number of likely N-dealkylation sites (tertiary alicyclic amines) is 1. The highest BCUT2D eigenvalue weighted by Crippen LogP contribution is 2.37. The molecule has 20 nitrogen and oxygen atoms in total. The van der Waals surface area contributed by atoms with Gasteiger partial charge in [0.2, 0.25) is 11.8 Å². The van der Waals surface area contributed by atoms with Crippen molar-refractivity contribution in [1.29, 1.82) is 0 Å². The Labute approximate surface area is 416 Å². The minimum atomic E-state index is -2.88. The molecule has 3 aromatic heterocycles. The number of anilines is 2. The van der Waals surface area contributed by atoms with Gasteiger partial charge < -0.3 is 49.5 Å². The van der Waals surface area contributed by atoms with Crippen molar-refractivity contribution in [2.24, 2.45) is 5.73 Å². The zero-order valence-electron chi connectivity index (χ0n) is 39.9. The topological polar surface area (TPSA) is 245 Å². The molecule has 1 unspecified atom stereocenters. The van der Waals surface area contributed by atoms with E-state index < -0.39 is 65.5 Å². The second kappa shape index (κ2) is 22.1. The number of hydrogen-bond acceptors (Lipinski definition) is 17. The number of halogens is 4. The summed E-state index contributed by atoms with van der Waals surface area (Å²) in [6.45, 7) is 3.85. The van der Waals surface area contributed by atoms with E-state index in [2.05, 4.69) is 30.2 Å². The highest BCUT2D eigenvalue weighted by molar-refractivity contribution is 6.23. The van der Waals surface area contributed by atoms with Gasteiger partial charge in [-0.25, -0.2) is 32.5 Å². The van der Waals surface area contributed by atoms with Gasteiger partial charge in [-0.3, -0.25) is 34.4 Å². The predicted octanol–water partition coefficient (Wildman–Crippen LogP) is 3.73. The number of benzene rings is 2. The van der Waals surface area contributed by atoms with Crippen molar-refractivity contribution in [2.45, 2.75) is 75.3 Å². The first-order chi connectivity index (χ1) is 35.2. The summed E-state index contributed by atoms with van der Waals surface area (Å²) >= 11 is 0. The third-order valence-electron chi connectivity index (χ3n) is 13.7. The Morgan fingerprint density at radius 3 is 2.40 bits per heavy atom. The Hall–Kier alpha value is -6.86. The van der Waals surface area contributed by atoms with E-state index in [0.29, 0.717) is 93.4 Å². The van der Waals surface area contributed by atoms with Crippen molar-refractivity contribution in [3.8, 4) is 22.8 Å². The van der Waals surface area contributed by atoms with E-state index in [1.54, 1.807) is 16.7 Å². The lowest BCUT2D eigenvalue weighted by Crippen LogP contribution is -2.65. The minimum absolute atomic E-state index is 0.00287. The number of nitrogens with one attached hydrogen (secondary N) is 1. The van der Waals surface area contributed by atoms with Crippen LogP contribution in [0, 0.1) is 11.6 Å². The van der Waals surface area contributed by atoms with Crippen LogP contribution in [0.5, 0.6) is 11.5 Å². The van der Waals surface area contributed by atoms with Crippen molar-refractivity contribution in [1.82, 2.24) is 39.6 Å². The number of hydrogen-bond donors (Lipinski definition) is 3. The summed E-state index contributed by atoms with van der Waals surface area (Å²) in [5.41, 5.74) is 13.8. The number of carbonyl (C=O) groups excluding carboxylic acids is 4. The molecule has 9 rings (SSSR count). The van der Waals surface area contributed by atoms with Crippen LogP contribution in [0.15, 0.2) is 55.2 Å². The highest BCUT2D eigenvalue weighted by atomic mass is 19.3. The number of imidazole rings is 1. The lowest BCUT2D eigenvalue weighted by molar-refractivity contribution is -0.139. The number of rotatable bonds is 20. The molecular formula is C49H55F4N11O9. The van der Waals surface area contributed by atoms with E-state index in [1.165, 1.54) is 38.1 Å². The first kappa shape index (κ1) is 51.1. The highest BCUT2D eigenvalue weighted by Gasteiger charge is 2.47. The van der Waals surface area contributed by atoms with Gasteiger partial charge in [-0.2, -0.15) is 0 Å². The van der Waals surface area contributed by atoms with Gasteiger partial charge in [0.05, 0.1) is 86.8 Å². The number of carbonyl (C=O) groups is 4. The van der Waals surface area contributed by atoms with Crippen LogP contribution in [0.3, 0.4) is 0 Å². The average Bonchev–Trinajstić information content (AvgIpc) is 3.90. The third kappa shape index (κ3) is 11.1. The summed E-state index contributed by atoms with van der Waals surface area (Å²) in [5.74, 6) is -3.61. The molecule has 0 spiro atoms. The Kier molecular flexibility index (Phi) is 15.5. The smallest absolute Gasteiger partial charge is 0.266 e. The summed E-state index contributed by atoms with van der Waals surface area (Å²) in [4.78, 5) is 72.1. The normalized spacial score (nSPS) is 20.3. The van der Waals surface area contributed by atoms with Crippen molar-refractivity contribution in [2.75, 3.05) is 83.5 Å². The molecule has 24 heteroatoms. The molecule has 0 radical (unpaired) electrons. The van der Waals surface area contributed by atoms with Crippen LogP contribution in [0.2, 0.25) is 0 Å². The molecule has 7 heterocycles. The van der Waals surface area contributed by atoms with Crippen LogP contribution < -0.4 is 31.2 Å². The number of alkyl halides is 2. The Balaban J connectivity index is 0.734. The second-order valence-corrected chi connectivity index (χ2v) is 18.4. The monoisotopic (exact) mass is 1020 g/mol. The first-order valence-electron chi connectivity index (χ1n) is 24.0. The Morgan fingerprint density at radius 2 is 1.63 bits per heavy atom. The van der Waals surface area contributed by atoms with Gasteiger partial charge in [0.1, 0.15) is 42.2 Å². The number of nitrogen functional groups attached to an aromatic ring is 1. The zero-order valence-corrected chi connectivity index (χ0v) is 39.9. The van der Waals surface area contributed by atoms with Gasteiger partial charge in [0.25, 0.3) is 18.2 Å². The predicted molar refractivity (Wildman–Crippen MR) is 254 cm³/mol. The number of aromatic nitrogens is 5. The van der Waals surface area contributed by atoms with Crippen molar-refractivity contribution >= 4 is 46.3 Å². The SMILES string of the molecule is COc1cc(F)c(-c2cc(Cn3cnc4c(N)ncnc43)c(N3CCC[C@](N)([C@H](OC4CCN(CCOCCOCCOc5ccc6c(c5)C(=O)N(C5CCC(=O)NC5=O)C6=O)CC4)C(F)F)C3)cn2)cc1F. The van der Waals surface area contributed by atoms with Gasteiger partial charge in [0.15, 0.2) is 23.0 Å². The second-order valence-electron chi connectivity index (χ2n) is 18.4. The van der Waals surface area contributed by atoms with Crippen molar-refractivity contribution < 1.29 is 60.4 Å². The molecule has 0 bridgehead atoms. The molecule has 2 aromatic carbocycles. The largest absolute Gasteiger partial charge is 0.494 e. The molecule has 4 aliphatic heterocycles. The van der Waals surface area contributed by atoms with Crippen LogP contribution in [0.4, 0.5) is 29.1 Å². The fraction of sp³-hybridized carbons (Fsp3) is 0.469. The quantitative estimate of drug-likeness (QED) is 0.0571. The van der Waals surface area contributed by atoms with Gasteiger partial charge in [0, 0.05) is 50.8 Å². The molecule has 3 saturated heterocycles. The fourth-order valence-electron chi connectivity index (χ4n) is 9.87. The van der Waals surface area contributed by atoms with E-state index in [0.717, 1.165) is 17.0 Å². The first-order valence-corrected chi connectivity index (χ1v) is 24.0. The molecule has 0 aliphatic carbocycles. The number of methoxy groups -OCH3 is 1. The summed E-state index contributed by atoms with van der Waals surface area (Å²) in [6, 6.07) is 7.01. The van der Waals surface area contributed by atoms with Crippen LogP contribution in [-0.4, -0.2) is 161 Å². The maximum atomic E-state index is 15.4. The summed E-state index contributed by atoms with van der Waals surface area (Å²) < 4.78 is 90.5. The molecule has 5 aromatic rings. The number of nitrogens with two attached hydrogens (primary N) is 2. The Bertz CT molecular complexity index is 2870. The van der Waals surface area contributed by atoms with Gasteiger partial charge >= 0.3 is 0 Å². The number of nitrogens with zero attached hydrogens (tertiary/aromatic N) is 8. The minimum Gasteiger partial charge on any atom is -0.494 e. The molecule has 4 amide bonds. The summed E-state index contributed by atoms with van der Waals surface area (Å²) in [5, 5.41) is 2.17. The van der Waals surface area contributed by atoms with E-state index in [-0.39, 0.29) is 79.5 Å². The molecule has 4 aliphatic rings. The maximum Gasteiger partial charge on any atom is 0.266 e. The lowest BCUT2D eigenvalue weighted by atomic mass is 9.84. The van der Waals surface area contributed by atoms with Crippen LogP contribution in [0.1, 0.15) is 64.8 Å². The number of fused-ring (bicyclic) bond motifs is 2. The fourth-order valence-corrected chi connectivity index (χ4v) is 9.87. The summed E-state index contributed by atoms with van der Waals surface area (Å²) in [7, 11) is 1.24. The number of pyridine rings is 1. The van der Waals surface area contributed by atoms with Crippen LogP contribution >= 0.6 is 0 Å². The molecule has 0 saturated carbocycles. The average molecular weight is 1020 g/mol.